The van der Waals surface area contributed by atoms with E-state index in [4.69, 9.17) is 9.47 Å². The summed E-state index contributed by atoms with van der Waals surface area (Å²) >= 11 is 0. The minimum absolute atomic E-state index is 0.0455. The van der Waals surface area contributed by atoms with Gasteiger partial charge in [-0.05, 0) is 30.2 Å². The lowest BCUT2D eigenvalue weighted by atomic mass is 10.1. The van der Waals surface area contributed by atoms with Crippen LogP contribution in [0.2, 0.25) is 0 Å². The fraction of sp³-hybridized carbons (Fsp3) is 0.222. The highest BCUT2D eigenvalue weighted by molar-refractivity contribution is 5.96. The van der Waals surface area contributed by atoms with Crippen molar-refractivity contribution in [2.45, 2.75) is 13.5 Å². The topological polar surface area (TPSA) is 108 Å². The highest BCUT2D eigenvalue weighted by Gasteiger charge is 2.18. The molecule has 0 saturated heterocycles. The summed E-state index contributed by atoms with van der Waals surface area (Å²) in [6.07, 6.45) is 0. The van der Waals surface area contributed by atoms with Gasteiger partial charge in [0, 0.05) is 11.6 Å². The number of nitro benzene ring substituents is 1. The normalized spacial score (nSPS) is 10.1. The lowest BCUT2D eigenvalue weighted by Gasteiger charge is -2.09. The van der Waals surface area contributed by atoms with Crippen molar-refractivity contribution in [2.24, 2.45) is 0 Å². The number of rotatable bonds is 7. The molecule has 0 atom stereocenters. The molecule has 0 aliphatic rings. The Morgan fingerprint density at radius 3 is 2.58 bits per heavy atom. The Hall–Kier alpha value is -3.42. The number of ether oxygens (including phenoxy) is 2. The molecular weight excluding hydrogens is 340 g/mol. The number of amides is 1. The molecule has 0 heterocycles. The van der Waals surface area contributed by atoms with Crippen molar-refractivity contribution in [1.82, 2.24) is 5.32 Å². The Labute approximate surface area is 149 Å². The molecule has 2 rings (SSSR count). The summed E-state index contributed by atoms with van der Waals surface area (Å²) in [6.45, 7) is 1.67. The van der Waals surface area contributed by atoms with Crippen LogP contribution in [0.1, 0.15) is 21.5 Å². The molecule has 8 heteroatoms. The zero-order chi connectivity index (χ0) is 19.1. The largest absolute Gasteiger partial charge is 0.490 e. The number of hydrogen-bond donors (Lipinski definition) is 1. The first-order valence-corrected chi connectivity index (χ1v) is 7.73. The van der Waals surface area contributed by atoms with Gasteiger partial charge in [-0.25, -0.2) is 0 Å². The van der Waals surface area contributed by atoms with E-state index < -0.39 is 16.8 Å². The van der Waals surface area contributed by atoms with Crippen LogP contribution in [0.5, 0.6) is 5.75 Å². The van der Waals surface area contributed by atoms with Gasteiger partial charge in [0.05, 0.1) is 12.0 Å². The molecule has 136 valence electrons. The van der Waals surface area contributed by atoms with E-state index in [1.54, 1.807) is 0 Å². The predicted molar refractivity (Wildman–Crippen MR) is 93.0 cm³/mol. The molecule has 8 nitrogen and oxygen atoms in total. The molecule has 2 aromatic carbocycles. The Kier molecular flexibility index (Phi) is 6.26. The van der Waals surface area contributed by atoms with Crippen LogP contribution in [0.15, 0.2) is 42.5 Å². The standard InChI is InChI=1S/C18H18N2O6/c1-12-5-3-4-6-14(12)11-26-17(21)10-19-18(22)13-7-8-16(25-2)15(9-13)20(23)24/h3-9H,10-11H2,1-2H3,(H,19,22). The quantitative estimate of drug-likeness (QED) is 0.462. The van der Waals surface area contributed by atoms with Crippen LogP contribution in [-0.4, -0.2) is 30.5 Å². The van der Waals surface area contributed by atoms with Gasteiger partial charge in [-0.1, -0.05) is 24.3 Å². The van der Waals surface area contributed by atoms with Gasteiger partial charge in [0.1, 0.15) is 13.2 Å². The Morgan fingerprint density at radius 1 is 1.19 bits per heavy atom. The molecule has 0 aliphatic carbocycles. The highest BCUT2D eigenvalue weighted by Crippen LogP contribution is 2.27. The molecule has 1 N–H and O–H groups in total. The van der Waals surface area contributed by atoms with Crippen LogP contribution in [0, 0.1) is 17.0 Å². The number of carbonyl (C=O) groups is 2. The SMILES string of the molecule is COc1ccc(C(=O)NCC(=O)OCc2ccccc2C)cc1[N+](=O)[O-]. The number of benzene rings is 2. The summed E-state index contributed by atoms with van der Waals surface area (Å²) in [6, 6.07) is 11.3. The third kappa shape index (κ3) is 4.79. The molecule has 0 aliphatic heterocycles. The van der Waals surface area contributed by atoms with Crippen LogP contribution in [-0.2, 0) is 16.1 Å². The zero-order valence-electron chi connectivity index (χ0n) is 14.4. The van der Waals surface area contributed by atoms with Gasteiger partial charge in [-0.15, -0.1) is 0 Å². The molecule has 0 radical (unpaired) electrons. The number of methoxy groups -OCH3 is 1. The number of aryl methyl sites for hydroxylation is 1. The predicted octanol–water partition coefficient (Wildman–Crippen LogP) is 2.39. The van der Waals surface area contributed by atoms with Gasteiger partial charge < -0.3 is 14.8 Å². The summed E-state index contributed by atoms with van der Waals surface area (Å²) in [5.74, 6) is -1.18. The molecule has 2 aromatic rings. The molecule has 0 bridgehead atoms. The maximum absolute atomic E-state index is 12.1. The van der Waals surface area contributed by atoms with Crippen LogP contribution >= 0.6 is 0 Å². The average molecular weight is 358 g/mol. The van der Waals surface area contributed by atoms with Crippen LogP contribution in [0.25, 0.3) is 0 Å². The monoisotopic (exact) mass is 358 g/mol. The van der Waals surface area contributed by atoms with E-state index in [-0.39, 0.29) is 30.2 Å². The van der Waals surface area contributed by atoms with E-state index in [1.165, 1.54) is 19.2 Å². The Balaban J connectivity index is 1.92. The number of hydrogen-bond acceptors (Lipinski definition) is 6. The summed E-state index contributed by atoms with van der Waals surface area (Å²) < 4.78 is 9.99. The van der Waals surface area contributed by atoms with E-state index in [2.05, 4.69) is 5.32 Å². The first-order valence-electron chi connectivity index (χ1n) is 7.73. The van der Waals surface area contributed by atoms with E-state index in [0.29, 0.717) is 0 Å². The zero-order valence-corrected chi connectivity index (χ0v) is 14.4. The van der Waals surface area contributed by atoms with E-state index in [0.717, 1.165) is 17.2 Å². The van der Waals surface area contributed by atoms with Crippen LogP contribution in [0.4, 0.5) is 5.69 Å². The fourth-order valence-electron chi connectivity index (χ4n) is 2.21. The number of carbonyl (C=O) groups excluding carboxylic acids is 2. The molecule has 0 fully saturated rings. The maximum atomic E-state index is 12.1. The Morgan fingerprint density at radius 2 is 1.92 bits per heavy atom. The van der Waals surface area contributed by atoms with E-state index in [1.807, 2.05) is 31.2 Å². The molecule has 0 aromatic heterocycles. The number of nitro groups is 1. The molecule has 0 unspecified atom stereocenters. The minimum Gasteiger partial charge on any atom is -0.490 e. The second-order valence-corrected chi connectivity index (χ2v) is 5.41. The van der Waals surface area contributed by atoms with Gasteiger partial charge in [0.15, 0.2) is 5.75 Å². The fourth-order valence-corrected chi connectivity index (χ4v) is 2.21. The maximum Gasteiger partial charge on any atom is 0.325 e. The number of nitrogens with zero attached hydrogens (tertiary/aromatic N) is 1. The Bertz CT molecular complexity index is 834. The van der Waals surface area contributed by atoms with Crippen molar-refractivity contribution in [3.05, 3.63) is 69.3 Å². The van der Waals surface area contributed by atoms with E-state index >= 15 is 0 Å². The molecule has 0 saturated carbocycles. The second-order valence-electron chi connectivity index (χ2n) is 5.41. The first kappa shape index (κ1) is 18.9. The molecule has 1 amide bonds. The third-order valence-corrected chi connectivity index (χ3v) is 3.68. The van der Waals surface area contributed by atoms with E-state index in [9.17, 15) is 19.7 Å². The third-order valence-electron chi connectivity index (χ3n) is 3.68. The van der Waals surface area contributed by atoms with Gasteiger partial charge in [-0.2, -0.15) is 0 Å². The van der Waals surface area contributed by atoms with Crippen molar-refractivity contribution in [1.29, 1.82) is 0 Å². The first-order chi connectivity index (χ1) is 12.4. The van der Waals surface area contributed by atoms with Crippen molar-refractivity contribution in [2.75, 3.05) is 13.7 Å². The van der Waals surface area contributed by atoms with Gasteiger partial charge >= 0.3 is 11.7 Å². The summed E-state index contributed by atoms with van der Waals surface area (Å²) in [7, 11) is 1.30. The number of nitrogens with one attached hydrogen (secondary N) is 1. The second kappa shape index (κ2) is 8.61. The lowest BCUT2D eigenvalue weighted by molar-refractivity contribution is -0.385. The molecule has 0 spiro atoms. The van der Waals surface area contributed by atoms with Crippen molar-refractivity contribution < 1.29 is 24.0 Å². The summed E-state index contributed by atoms with van der Waals surface area (Å²) in [5, 5.41) is 13.4. The number of esters is 1. The minimum atomic E-state index is -0.647. The van der Waals surface area contributed by atoms with Crippen molar-refractivity contribution in [3.8, 4) is 5.75 Å². The molecule has 26 heavy (non-hydrogen) atoms. The van der Waals surface area contributed by atoms with Gasteiger partial charge in [0.25, 0.3) is 5.91 Å². The summed E-state index contributed by atoms with van der Waals surface area (Å²) in [4.78, 5) is 34.2. The summed E-state index contributed by atoms with van der Waals surface area (Å²) in [5.41, 5.74) is 1.58. The van der Waals surface area contributed by atoms with Gasteiger partial charge in [-0.3, -0.25) is 19.7 Å². The van der Waals surface area contributed by atoms with Gasteiger partial charge in [0.2, 0.25) is 0 Å². The van der Waals surface area contributed by atoms with Crippen LogP contribution < -0.4 is 10.1 Å². The molecular formula is C18H18N2O6. The van der Waals surface area contributed by atoms with Crippen molar-refractivity contribution >= 4 is 17.6 Å². The van der Waals surface area contributed by atoms with Crippen molar-refractivity contribution in [3.63, 3.8) is 0 Å². The lowest BCUT2D eigenvalue weighted by Crippen LogP contribution is -2.30. The smallest absolute Gasteiger partial charge is 0.325 e. The van der Waals surface area contributed by atoms with Crippen LogP contribution in [0.3, 0.4) is 0 Å². The highest BCUT2D eigenvalue weighted by atomic mass is 16.6. The average Bonchev–Trinajstić information content (AvgIpc) is 2.64.